The van der Waals surface area contributed by atoms with E-state index in [-0.39, 0.29) is 0 Å². The molecule has 0 saturated heterocycles. The molecule has 1 heterocycles. The quantitative estimate of drug-likeness (QED) is 0.751. The Bertz CT molecular complexity index is 671. The van der Waals surface area contributed by atoms with Gasteiger partial charge in [-0.05, 0) is 60.1 Å². The molecule has 0 aromatic heterocycles. The zero-order chi connectivity index (χ0) is 15.1. The van der Waals surface area contributed by atoms with Crippen LogP contribution in [0.1, 0.15) is 52.8 Å². The van der Waals surface area contributed by atoms with Gasteiger partial charge in [-0.25, -0.2) is 0 Å². The number of anilines is 1. The molecule has 2 aromatic rings. The minimum atomic E-state index is 0.529. The second kappa shape index (κ2) is 5.42. The van der Waals surface area contributed by atoms with Crippen molar-refractivity contribution in [2.75, 3.05) is 5.73 Å². The van der Waals surface area contributed by atoms with E-state index >= 15 is 0 Å². The SMILES string of the molecule is Cc1cc2c(c(C)c1N)CC(c1ccc(C(C)C)cc1)S2. The summed E-state index contributed by atoms with van der Waals surface area (Å²) in [4.78, 5) is 1.41. The molecular formula is C19H23NS. The zero-order valence-electron chi connectivity index (χ0n) is 13.2. The van der Waals surface area contributed by atoms with Gasteiger partial charge >= 0.3 is 0 Å². The molecule has 1 atom stereocenters. The lowest BCUT2D eigenvalue weighted by atomic mass is 9.96. The standard InChI is InChI=1S/C19H23NS/c1-11(2)14-5-7-15(8-6-14)17-10-16-13(4)19(20)12(3)9-18(16)21-17/h5-9,11,17H,10,20H2,1-4H3. The van der Waals surface area contributed by atoms with E-state index in [1.807, 2.05) is 11.8 Å². The van der Waals surface area contributed by atoms with Crippen molar-refractivity contribution in [3.05, 3.63) is 58.1 Å². The first kappa shape index (κ1) is 14.5. The molecule has 1 nitrogen and oxygen atoms in total. The molecule has 3 rings (SSSR count). The van der Waals surface area contributed by atoms with E-state index in [1.54, 1.807) is 0 Å². The van der Waals surface area contributed by atoms with Crippen LogP contribution in [0.5, 0.6) is 0 Å². The molecule has 1 aliphatic rings. The van der Waals surface area contributed by atoms with Crippen LogP contribution in [-0.4, -0.2) is 0 Å². The lowest BCUT2D eigenvalue weighted by Gasteiger charge is -2.11. The fourth-order valence-corrected chi connectivity index (χ4v) is 4.50. The maximum absolute atomic E-state index is 6.18. The summed E-state index contributed by atoms with van der Waals surface area (Å²) in [6.45, 7) is 8.74. The van der Waals surface area contributed by atoms with Crippen LogP contribution < -0.4 is 5.73 Å². The van der Waals surface area contributed by atoms with Gasteiger partial charge in [0.25, 0.3) is 0 Å². The smallest absolute Gasteiger partial charge is 0.0385 e. The molecule has 21 heavy (non-hydrogen) atoms. The summed E-state index contributed by atoms with van der Waals surface area (Å²) < 4.78 is 0. The summed E-state index contributed by atoms with van der Waals surface area (Å²) in [6, 6.07) is 11.4. The molecule has 2 heteroatoms. The van der Waals surface area contributed by atoms with Gasteiger partial charge in [-0.2, -0.15) is 0 Å². The Labute approximate surface area is 132 Å². The topological polar surface area (TPSA) is 26.0 Å². The van der Waals surface area contributed by atoms with Crippen molar-refractivity contribution in [3.63, 3.8) is 0 Å². The summed E-state index contributed by atoms with van der Waals surface area (Å²) in [5.41, 5.74) is 13.9. The van der Waals surface area contributed by atoms with Crippen LogP contribution in [0.3, 0.4) is 0 Å². The summed E-state index contributed by atoms with van der Waals surface area (Å²) in [6.07, 6.45) is 1.09. The minimum Gasteiger partial charge on any atom is -0.398 e. The van der Waals surface area contributed by atoms with Crippen molar-refractivity contribution in [2.24, 2.45) is 0 Å². The van der Waals surface area contributed by atoms with Gasteiger partial charge in [0.05, 0.1) is 0 Å². The number of nitrogens with two attached hydrogens (primary N) is 1. The fourth-order valence-electron chi connectivity index (χ4n) is 3.03. The second-order valence-corrected chi connectivity index (χ2v) is 7.59. The predicted octanol–water partition coefficient (Wildman–Crippen LogP) is 5.40. The third-order valence-electron chi connectivity index (χ3n) is 4.56. The van der Waals surface area contributed by atoms with Gasteiger partial charge < -0.3 is 5.73 Å². The first-order valence-electron chi connectivity index (χ1n) is 7.62. The van der Waals surface area contributed by atoms with E-state index in [0.717, 1.165) is 12.1 Å². The summed E-state index contributed by atoms with van der Waals surface area (Å²) in [5, 5.41) is 0.529. The highest BCUT2D eigenvalue weighted by Crippen LogP contribution is 2.49. The van der Waals surface area contributed by atoms with E-state index in [0.29, 0.717) is 11.2 Å². The maximum atomic E-state index is 6.18. The zero-order valence-corrected chi connectivity index (χ0v) is 14.1. The Hall–Kier alpha value is -1.41. The highest BCUT2D eigenvalue weighted by Gasteiger charge is 2.26. The largest absolute Gasteiger partial charge is 0.398 e. The van der Waals surface area contributed by atoms with E-state index in [2.05, 4.69) is 58.0 Å². The van der Waals surface area contributed by atoms with Crippen LogP contribution in [0.4, 0.5) is 5.69 Å². The van der Waals surface area contributed by atoms with E-state index < -0.39 is 0 Å². The molecule has 2 aromatic carbocycles. The highest BCUT2D eigenvalue weighted by atomic mass is 32.2. The molecule has 1 aliphatic heterocycles. The first-order valence-corrected chi connectivity index (χ1v) is 8.50. The Morgan fingerprint density at radius 1 is 1.14 bits per heavy atom. The van der Waals surface area contributed by atoms with Gasteiger partial charge in [-0.3, -0.25) is 0 Å². The number of aryl methyl sites for hydroxylation is 1. The van der Waals surface area contributed by atoms with Crippen molar-refractivity contribution >= 4 is 17.4 Å². The molecule has 0 saturated carbocycles. The van der Waals surface area contributed by atoms with Crippen molar-refractivity contribution < 1.29 is 0 Å². The predicted molar refractivity (Wildman–Crippen MR) is 93.2 cm³/mol. The summed E-state index contributed by atoms with van der Waals surface area (Å²) in [7, 11) is 0. The third-order valence-corrected chi connectivity index (χ3v) is 5.90. The van der Waals surface area contributed by atoms with Crippen LogP contribution in [0.15, 0.2) is 35.2 Å². The monoisotopic (exact) mass is 297 g/mol. The number of nitrogen functional groups attached to an aromatic ring is 1. The van der Waals surface area contributed by atoms with Crippen LogP contribution in [-0.2, 0) is 6.42 Å². The number of thioether (sulfide) groups is 1. The Kier molecular flexibility index (Phi) is 3.75. The number of hydrogen-bond acceptors (Lipinski definition) is 2. The molecule has 0 aliphatic carbocycles. The van der Waals surface area contributed by atoms with Gasteiger partial charge in [-0.1, -0.05) is 38.1 Å². The molecule has 0 fully saturated rings. The van der Waals surface area contributed by atoms with E-state index in [9.17, 15) is 0 Å². The van der Waals surface area contributed by atoms with Gasteiger partial charge in [0.15, 0.2) is 0 Å². The van der Waals surface area contributed by atoms with Crippen LogP contribution in [0, 0.1) is 13.8 Å². The summed E-state index contributed by atoms with van der Waals surface area (Å²) >= 11 is 1.98. The molecule has 2 N–H and O–H groups in total. The minimum absolute atomic E-state index is 0.529. The third kappa shape index (κ3) is 2.57. The second-order valence-electron chi connectivity index (χ2n) is 6.34. The van der Waals surface area contributed by atoms with Crippen LogP contribution >= 0.6 is 11.8 Å². The molecule has 0 amide bonds. The lowest BCUT2D eigenvalue weighted by molar-refractivity contribution is 0.862. The number of benzene rings is 2. The normalized spacial score (nSPS) is 17.3. The molecule has 0 spiro atoms. The van der Waals surface area contributed by atoms with Crippen molar-refractivity contribution in [1.82, 2.24) is 0 Å². The molecular weight excluding hydrogens is 274 g/mol. The first-order chi connectivity index (χ1) is 9.97. The lowest BCUT2D eigenvalue weighted by Crippen LogP contribution is -1.99. The van der Waals surface area contributed by atoms with Gasteiger partial charge in [0, 0.05) is 15.8 Å². The average molecular weight is 297 g/mol. The van der Waals surface area contributed by atoms with E-state index in [4.69, 9.17) is 5.73 Å². The number of fused-ring (bicyclic) bond motifs is 1. The highest BCUT2D eigenvalue weighted by molar-refractivity contribution is 7.99. The Morgan fingerprint density at radius 2 is 1.81 bits per heavy atom. The van der Waals surface area contributed by atoms with Crippen molar-refractivity contribution in [1.29, 1.82) is 0 Å². The van der Waals surface area contributed by atoms with Crippen LogP contribution in [0.25, 0.3) is 0 Å². The van der Waals surface area contributed by atoms with E-state index in [1.165, 1.54) is 32.7 Å². The molecule has 1 unspecified atom stereocenters. The average Bonchev–Trinajstić information content (AvgIpc) is 2.89. The number of rotatable bonds is 2. The van der Waals surface area contributed by atoms with Crippen molar-refractivity contribution in [2.45, 2.75) is 50.2 Å². The fraction of sp³-hybridized carbons (Fsp3) is 0.368. The van der Waals surface area contributed by atoms with Crippen LogP contribution in [0.2, 0.25) is 0 Å². The van der Waals surface area contributed by atoms with Gasteiger partial charge in [0.1, 0.15) is 0 Å². The molecule has 110 valence electrons. The Morgan fingerprint density at radius 3 is 2.43 bits per heavy atom. The maximum Gasteiger partial charge on any atom is 0.0385 e. The molecule has 0 radical (unpaired) electrons. The van der Waals surface area contributed by atoms with Crippen molar-refractivity contribution in [3.8, 4) is 0 Å². The molecule has 0 bridgehead atoms. The summed E-state index contributed by atoms with van der Waals surface area (Å²) in [5.74, 6) is 0.595. The Balaban J connectivity index is 1.89. The van der Waals surface area contributed by atoms with Gasteiger partial charge in [0.2, 0.25) is 0 Å². The number of hydrogen-bond donors (Lipinski definition) is 1. The van der Waals surface area contributed by atoms with Gasteiger partial charge in [-0.15, -0.1) is 11.8 Å².